The van der Waals surface area contributed by atoms with E-state index in [1.165, 1.54) is 5.56 Å². The van der Waals surface area contributed by atoms with E-state index in [1.54, 1.807) is 0 Å². The number of aryl methyl sites for hydroxylation is 1. The highest BCUT2D eigenvalue weighted by Crippen LogP contribution is 2.46. The SMILES string of the molecule is CC[C@@H]1C[C@H](c2cccnc2)OC2(CCN(C(=O)c3ccc(OC(C)C)c(C)c3)CC2)C1. The van der Waals surface area contributed by atoms with Gasteiger partial charge in [-0.3, -0.25) is 9.78 Å². The van der Waals surface area contributed by atoms with Gasteiger partial charge in [0.05, 0.1) is 17.8 Å². The number of carbonyl (C=O) groups excluding carboxylic acids is 1. The minimum atomic E-state index is -0.138. The highest BCUT2D eigenvalue weighted by atomic mass is 16.5. The van der Waals surface area contributed by atoms with E-state index in [2.05, 4.69) is 18.0 Å². The molecule has 5 heteroatoms. The predicted molar refractivity (Wildman–Crippen MR) is 126 cm³/mol. The van der Waals surface area contributed by atoms with Crippen molar-refractivity contribution >= 4 is 5.91 Å². The van der Waals surface area contributed by atoms with Crippen molar-refractivity contribution in [3.63, 3.8) is 0 Å². The fraction of sp³-hybridized carbons (Fsp3) is 0.556. The molecule has 0 saturated carbocycles. The molecular formula is C27H36N2O3. The van der Waals surface area contributed by atoms with Crippen LogP contribution >= 0.6 is 0 Å². The van der Waals surface area contributed by atoms with E-state index in [4.69, 9.17) is 9.47 Å². The quantitative estimate of drug-likeness (QED) is 0.601. The number of amides is 1. The zero-order chi connectivity index (χ0) is 22.7. The first-order valence-corrected chi connectivity index (χ1v) is 12.0. The second-order valence-electron chi connectivity index (χ2n) is 9.73. The van der Waals surface area contributed by atoms with Crippen molar-refractivity contribution in [3.8, 4) is 5.75 Å². The molecule has 5 nitrogen and oxygen atoms in total. The molecule has 0 unspecified atom stereocenters. The summed E-state index contributed by atoms with van der Waals surface area (Å²) in [5.74, 6) is 1.59. The number of piperidine rings is 1. The second-order valence-corrected chi connectivity index (χ2v) is 9.73. The zero-order valence-corrected chi connectivity index (χ0v) is 19.8. The van der Waals surface area contributed by atoms with Crippen LogP contribution in [-0.2, 0) is 4.74 Å². The molecule has 3 heterocycles. The fourth-order valence-electron chi connectivity index (χ4n) is 5.18. The number of ether oxygens (including phenoxy) is 2. The van der Waals surface area contributed by atoms with Crippen molar-refractivity contribution in [1.82, 2.24) is 9.88 Å². The van der Waals surface area contributed by atoms with E-state index < -0.39 is 0 Å². The third-order valence-corrected chi connectivity index (χ3v) is 6.98. The zero-order valence-electron chi connectivity index (χ0n) is 19.8. The summed E-state index contributed by atoms with van der Waals surface area (Å²) in [4.78, 5) is 19.5. The minimum absolute atomic E-state index is 0.0980. The van der Waals surface area contributed by atoms with Crippen molar-refractivity contribution in [2.45, 2.75) is 77.6 Å². The summed E-state index contributed by atoms with van der Waals surface area (Å²) < 4.78 is 12.6. The lowest BCUT2D eigenvalue weighted by Gasteiger charge is -2.49. The summed E-state index contributed by atoms with van der Waals surface area (Å²) in [5.41, 5.74) is 2.77. The molecule has 0 aliphatic carbocycles. The Labute approximate surface area is 192 Å². The van der Waals surface area contributed by atoms with Gasteiger partial charge in [0.15, 0.2) is 0 Å². The van der Waals surface area contributed by atoms with Gasteiger partial charge in [-0.2, -0.15) is 0 Å². The first kappa shape index (κ1) is 22.8. The molecule has 2 saturated heterocycles. The Bertz CT molecular complexity index is 920. The number of hydrogen-bond donors (Lipinski definition) is 0. The molecular weight excluding hydrogens is 400 g/mol. The normalized spacial score (nSPS) is 22.8. The number of hydrogen-bond acceptors (Lipinski definition) is 4. The van der Waals surface area contributed by atoms with Gasteiger partial charge < -0.3 is 14.4 Å². The van der Waals surface area contributed by atoms with Crippen molar-refractivity contribution in [3.05, 3.63) is 59.4 Å². The van der Waals surface area contributed by atoms with Crippen molar-refractivity contribution in [2.75, 3.05) is 13.1 Å². The van der Waals surface area contributed by atoms with Gasteiger partial charge in [0.25, 0.3) is 5.91 Å². The standard InChI is InChI=1S/C27H36N2O3/c1-5-21-16-25(23-7-6-12-28-18-23)32-27(17-21)10-13-29(14-11-27)26(30)22-8-9-24(20(4)15-22)31-19(2)3/h6-9,12,15,18-19,21,25H,5,10-11,13-14,16-17H2,1-4H3/t21-,25-/m1/s1. The topological polar surface area (TPSA) is 51.7 Å². The Morgan fingerprint density at radius 1 is 1.28 bits per heavy atom. The Kier molecular flexibility index (Phi) is 6.85. The van der Waals surface area contributed by atoms with Crippen LogP contribution in [0.3, 0.4) is 0 Å². The van der Waals surface area contributed by atoms with Gasteiger partial charge in [-0.25, -0.2) is 0 Å². The number of nitrogens with zero attached hydrogens (tertiary/aromatic N) is 2. The summed E-state index contributed by atoms with van der Waals surface area (Å²) >= 11 is 0. The fourth-order valence-corrected chi connectivity index (χ4v) is 5.18. The molecule has 0 N–H and O–H groups in total. The molecule has 1 aromatic heterocycles. The van der Waals surface area contributed by atoms with Crippen LogP contribution in [0.5, 0.6) is 5.75 Å². The lowest BCUT2D eigenvalue weighted by Crippen LogP contribution is -2.51. The van der Waals surface area contributed by atoms with Crippen LogP contribution in [0.4, 0.5) is 0 Å². The van der Waals surface area contributed by atoms with Gasteiger partial charge in [0.2, 0.25) is 0 Å². The maximum absolute atomic E-state index is 13.2. The average Bonchev–Trinajstić information content (AvgIpc) is 2.80. The average molecular weight is 437 g/mol. The number of likely N-dealkylation sites (tertiary alicyclic amines) is 1. The Morgan fingerprint density at radius 3 is 2.69 bits per heavy atom. The van der Waals surface area contributed by atoms with Crippen molar-refractivity contribution in [1.29, 1.82) is 0 Å². The summed E-state index contributed by atoms with van der Waals surface area (Å²) in [5, 5.41) is 0. The monoisotopic (exact) mass is 436 g/mol. The largest absolute Gasteiger partial charge is 0.491 e. The highest BCUT2D eigenvalue weighted by molar-refractivity contribution is 5.94. The molecule has 2 aromatic rings. The third-order valence-electron chi connectivity index (χ3n) is 6.98. The Hall–Kier alpha value is -2.40. The van der Waals surface area contributed by atoms with Gasteiger partial charge in [-0.1, -0.05) is 19.4 Å². The van der Waals surface area contributed by atoms with Crippen LogP contribution in [0.25, 0.3) is 0 Å². The number of carbonyl (C=O) groups is 1. The maximum Gasteiger partial charge on any atom is 0.253 e. The van der Waals surface area contributed by atoms with Gasteiger partial charge in [0, 0.05) is 31.0 Å². The highest BCUT2D eigenvalue weighted by Gasteiger charge is 2.44. The van der Waals surface area contributed by atoms with Crippen LogP contribution in [0.1, 0.15) is 80.5 Å². The predicted octanol–water partition coefficient (Wildman–Crippen LogP) is 5.73. The van der Waals surface area contributed by atoms with Gasteiger partial charge in [-0.05, 0) is 87.8 Å². The molecule has 1 aromatic carbocycles. The first-order valence-electron chi connectivity index (χ1n) is 12.0. The van der Waals surface area contributed by atoms with E-state index in [9.17, 15) is 4.79 Å². The van der Waals surface area contributed by atoms with Crippen LogP contribution in [-0.4, -0.2) is 40.6 Å². The molecule has 2 aliphatic heterocycles. The molecule has 0 bridgehead atoms. The molecule has 4 rings (SSSR count). The summed E-state index contributed by atoms with van der Waals surface area (Å²) in [6.45, 7) is 9.77. The Balaban J connectivity index is 1.43. The van der Waals surface area contributed by atoms with Crippen molar-refractivity contribution in [2.24, 2.45) is 5.92 Å². The van der Waals surface area contributed by atoms with E-state index in [-0.39, 0.29) is 23.7 Å². The number of rotatable bonds is 5. The minimum Gasteiger partial charge on any atom is -0.491 e. The number of pyridine rings is 1. The van der Waals surface area contributed by atoms with E-state index in [0.717, 1.165) is 62.1 Å². The lowest BCUT2D eigenvalue weighted by molar-refractivity contribution is -0.168. The molecule has 32 heavy (non-hydrogen) atoms. The van der Waals surface area contributed by atoms with E-state index in [0.29, 0.717) is 5.92 Å². The second kappa shape index (κ2) is 9.62. The molecule has 2 atom stereocenters. The molecule has 0 radical (unpaired) electrons. The molecule has 2 fully saturated rings. The summed E-state index contributed by atoms with van der Waals surface area (Å²) in [7, 11) is 0. The number of benzene rings is 1. The molecule has 2 aliphatic rings. The van der Waals surface area contributed by atoms with Gasteiger partial charge >= 0.3 is 0 Å². The molecule has 1 spiro atoms. The van der Waals surface area contributed by atoms with Crippen LogP contribution in [0.15, 0.2) is 42.7 Å². The molecule has 1 amide bonds. The first-order chi connectivity index (χ1) is 15.4. The van der Waals surface area contributed by atoms with Gasteiger partial charge in [0.1, 0.15) is 5.75 Å². The van der Waals surface area contributed by atoms with Crippen LogP contribution in [0, 0.1) is 12.8 Å². The lowest BCUT2D eigenvalue weighted by atomic mass is 9.76. The van der Waals surface area contributed by atoms with Crippen molar-refractivity contribution < 1.29 is 14.3 Å². The smallest absolute Gasteiger partial charge is 0.253 e. The van der Waals surface area contributed by atoms with Gasteiger partial charge in [-0.15, -0.1) is 0 Å². The van der Waals surface area contributed by atoms with E-state index >= 15 is 0 Å². The van der Waals surface area contributed by atoms with E-state index in [1.807, 2.05) is 62.3 Å². The third kappa shape index (κ3) is 4.98. The summed E-state index contributed by atoms with van der Waals surface area (Å²) in [6.07, 6.45) is 9.04. The molecule has 172 valence electrons. The Morgan fingerprint density at radius 2 is 2.06 bits per heavy atom. The van der Waals surface area contributed by atoms with Crippen LogP contribution < -0.4 is 4.74 Å². The summed E-state index contributed by atoms with van der Waals surface area (Å²) in [6, 6.07) is 9.87. The number of aromatic nitrogens is 1. The maximum atomic E-state index is 13.2. The van der Waals surface area contributed by atoms with Crippen LogP contribution in [0.2, 0.25) is 0 Å².